The Balaban J connectivity index is 2.07. The minimum absolute atomic E-state index is 0.0181. The first-order chi connectivity index (χ1) is 9.75. The fourth-order valence-corrected chi connectivity index (χ4v) is 4.85. The molecule has 0 amide bonds. The number of nitrogens with two attached hydrogens (primary N) is 1. The first-order valence-electron chi connectivity index (χ1n) is 6.56. The van der Waals surface area contributed by atoms with Crippen LogP contribution in [-0.2, 0) is 25.1 Å². The van der Waals surface area contributed by atoms with Crippen molar-refractivity contribution in [3.05, 3.63) is 28.8 Å². The van der Waals surface area contributed by atoms with Gasteiger partial charge in [-0.2, -0.15) is 0 Å². The third-order valence-corrected chi connectivity index (χ3v) is 5.84. The van der Waals surface area contributed by atoms with E-state index in [-0.39, 0.29) is 23.9 Å². The van der Waals surface area contributed by atoms with Crippen LogP contribution in [0.15, 0.2) is 18.2 Å². The number of esters is 1. The average molecular weight is 332 g/mol. The van der Waals surface area contributed by atoms with Gasteiger partial charge in [0.1, 0.15) is 0 Å². The molecule has 21 heavy (non-hydrogen) atoms. The smallest absolute Gasteiger partial charge is 0.306 e. The maximum Gasteiger partial charge on any atom is 0.306 e. The van der Waals surface area contributed by atoms with Gasteiger partial charge in [-0.25, -0.2) is 8.42 Å². The average Bonchev–Trinajstić information content (AvgIpc) is 3.11. The Labute approximate surface area is 129 Å². The van der Waals surface area contributed by atoms with Crippen LogP contribution < -0.4 is 5.73 Å². The molecule has 116 valence electrons. The first kappa shape index (κ1) is 16.1. The predicted octanol–water partition coefficient (Wildman–Crippen LogP) is 2.18. The maximum absolute atomic E-state index is 12.3. The molecule has 1 aliphatic carbocycles. The van der Waals surface area contributed by atoms with Crippen molar-refractivity contribution in [3.63, 3.8) is 0 Å². The first-order valence-corrected chi connectivity index (χ1v) is 8.76. The number of carbonyl (C=O) groups excluding carboxylic acids is 1. The second-order valence-corrected chi connectivity index (χ2v) is 8.11. The molecule has 0 spiro atoms. The van der Waals surface area contributed by atoms with Gasteiger partial charge in [-0.1, -0.05) is 17.7 Å². The van der Waals surface area contributed by atoms with Gasteiger partial charge < -0.3 is 10.5 Å². The van der Waals surface area contributed by atoms with E-state index in [1.807, 2.05) is 0 Å². The third kappa shape index (κ3) is 4.35. The van der Waals surface area contributed by atoms with Crippen molar-refractivity contribution in [2.45, 2.75) is 25.0 Å². The molecule has 1 aromatic rings. The number of methoxy groups -OCH3 is 1. The molecule has 1 aromatic carbocycles. The summed E-state index contributed by atoms with van der Waals surface area (Å²) in [4.78, 5) is 11.4. The summed E-state index contributed by atoms with van der Waals surface area (Å²) in [6, 6.07) is 4.78. The molecule has 0 atom stereocenters. The Bertz CT molecular complexity index is 653. The topological polar surface area (TPSA) is 86.5 Å². The van der Waals surface area contributed by atoms with Crippen LogP contribution in [0.3, 0.4) is 0 Å². The minimum Gasteiger partial charge on any atom is -0.469 e. The largest absolute Gasteiger partial charge is 0.469 e. The highest BCUT2D eigenvalue weighted by Crippen LogP contribution is 2.50. The quantitative estimate of drug-likeness (QED) is 0.637. The molecule has 0 heterocycles. The number of sulfone groups is 1. The van der Waals surface area contributed by atoms with E-state index in [0.717, 1.165) is 12.8 Å². The molecule has 0 radical (unpaired) electrons. The molecule has 0 aliphatic heterocycles. The maximum atomic E-state index is 12.3. The van der Waals surface area contributed by atoms with E-state index < -0.39 is 15.3 Å². The summed E-state index contributed by atoms with van der Waals surface area (Å²) in [5, 5.41) is 0.344. The van der Waals surface area contributed by atoms with E-state index >= 15 is 0 Å². The molecule has 2 rings (SSSR count). The van der Waals surface area contributed by atoms with Gasteiger partial charge in [0.15, 0.2) is 9.84 Å². The number of anilines is 1. The number of benzene rings is 1. The number of hydrogen-bond acceptors (Lipinski definition) is 5. The van der Waals surface area contributed by atoms with Gasteiger partial charge in [-0.3, -0.25) is 4.79 Å². The Morgan fingerprint density at radius 1 is 1.43 bits per heavy atom. The van der Waals surface area contributed by atoms with E-state index in [9.17, 15) is 13.2 Å². The standard InChI is InChI=1S/C14H18ClNO4S/c1-20-13(17)7-14(4-5-14)9-21(18,19)8-10-2-3-11(16)6-12(10)15/h2-3,6H,4-5,7-9,16H2,1H3. The summed E-state index contributed by atoms with van der Waals surface area (Å²) < 4.78 is 29.3. The molecule has 1 aliphatic rings. The Morgan fingerprint density at radius 2 is 2.10 bits per heavy atom. The van der Waals surface area contributed by atoms with Gasteiger partial charge in [-0.15, -0.1) is 0 Å². The number of nitrogen functional groups attached to an aromatic ring is 1. The lowest BCUT2D eigenvalue weighted by atomic mass is 10.1. The number of halogens is 1. The monoisotopic (exact) mass is 331 g/mol. The lowest BCUT2D eigenvalue weighted by Crippen LogP contribution is -2.22. The van der Waals surface area contributed by atoms with Crippen LogP contribution in [0.1, 0.15) is 24.8 Å². The summed E-state index contributed by atoms with van der Waals surface area (Å²) in [5.74, 6) is -0.529. The normalized spacial score (nSPS) is 16.5. The summed E-state index contributed by atoms with van der Waals surface area (Å²) in [6.45, 7) is 0. The molecule has 7 heteroatoms. The molecule has 0 bridgehead atoms. The number of ether oxygens (including phenoxy) is 1. The summed E-state index contributed by atoms with van der Waals surface area (Å²) in [5.41, 5.74) is 6.15. The summed E-state index contributed by atoms with van der Waals surface area (Å²) >= 11 is 6.01. The molecule has 1 fully saturated rings. The van der Waals surface area contributed by atoms with Crippen LogP contribution in [0.25, 0.3) is 0 Å². The van der Waals surface area contributed by atoms with Crippen molar-refractivity contribution in [2.24, 2.45) is 5.41 Å². The molecule has 5 nitrogen and oxygen atoms in total. The molecule has 2 N–H and O–H groups in total. The predicted molar refractivity (Wildman–Crippen MR) is 81.7 cm³/mol. The Hall–Kier alpha value is -1.27. The van der Waals surface area contributed by atoms with E-state index in [4.69, 9.17) is 17.3 Å². The highest BCUT2D eigenvalue weighted by molar-refractivity contribution is 7.90. The van der Waals surface area contributed by atoms with Crippen LogP contribution >= 0.6 is 11.6 Å². The van der Waals surface area contributed by atoms with Crippen LogP contribution in [-0.4, -0.2) is 27.2 Å². The molecule has 0 saturated heterocycles. The number of hydrogen-bond donors (Lipinski definition) is 1. The lowest BCUT2D eigenvalue weighted by Gasteiger charge is -2.14. The van der Waals surface area contributed by atoms with Crippen molar-refractivity contribution < 1.29 is 17.9 Å². The van der Waals surface area contributed by atoms with E-state index in [1.54, 1.807) is 12.1 Å². The van der Waals surface area contributed by atoms with Gasteiger partial charge in [0.05, 0.1) is 25.0 Å². The van der Waals surface area contributed by atoms with Crippen molar-refractivity contribution >= 4 is 33.1 Å². The SMILES string of the molecule is COC(=O)CC1(CS(=O)(=O)Cc2ccc(N)cc2Cl)CC1. The van der Waals surface area contributed by atoms with Crippen LogP contribution in [0, 0.1) is 5.41 Å². The van der Waals surface area contributed by atoms with E-state index in [0.29, 0.717) is 16.3 Å². The van der Waals surface area contributed by atoms with Crippen molar-refractivity contribution in [1.29, 1.82) is 0 Å². The second-order valence-electron chi connectivity index (χ2n) is 5.64. The Morgan fingerprint density at radius 3 is 2.62 bits per heavy atom. The third-order valence-electron chi connectivity index (χ3n) is 3.68. The second kappa shape index (κ2) is 5.85. The van der Waals surface area contributed by atoms with E-state index in [1.165, 1.54) is 13.2 Å². The van der Waals surface area contributed by atoms with Crippen molar-refractivity contribution in [1.82, 2.24) is 0 Å². The van der Waals surface area contributed by atoms with Gasteiger partial charge in [0, 0.05) is 10.7 Å². The molecular formula is C14H18ClNO4S. The fourth-order valence-electron chi connectivity index (χ4n) is 2.36. The zero-order chi connectivity index (χ0) is 15.7. The highest BCUT2D eigenvalue weighted by Gasteiger charge is 2.47. The van der Waals surface area contributed by atoms with Gasteiger partial charge in [0.25, 0.3) is 0 Å². The molecule has 0 aromatic heterocycles. The summed E-state index contributed by atoms with van der Waals surface area (Å²) in [6.07, 6.45) is 1.62. The molecule has 0 unspecified atom stereocenters. The fraction of sp³-hybridized carbons (Fsp3) is 0.500. The number of carbonyl (C=O) groups is 1. The van der Waals surface area contributed by atoms with Gasteiger partial charge in [0.2, 0.25) is 0 Å². The molecule has 1 saturated carbocycles. The number of rotatable bonds is 6. The van der Waals surface area contributed by atoms with Gasteiger partial charge in [-0.05, 0) is 36.0 Å². The lowest BCUT2D eigenvalue weighted by molar-refractivity contribution is -0.141. The zero-order valence-electron chi connectivity index (χ0n) is 11.8. The minimum atomic E-state index is -3.35. The van der Waals surface area contributed by atoms with Gasteiger partial charge >= 0.3 is 5.97 Å². The Kier molecular flexibility index (Phi) is 4.49. The highest BCUT2D eigenvalue weighted by atomic mass is 35.5. The van der Waals surface area contributed by atoms with Crippen molar-refractivity contribution in [3.8, 4) is 0 Å². The van der Waals surface area contributed by atoms with E-state index in [2.05, 4.69) is 4.74 Å². The van der Waals surface area contributed by atoms with Crippen LogP contribution in [0.2, 0.25) is 5.02 Å². The zero-order valence-corrected chi connectivity index (χ0v) is 13.3. The molecular weight excluding hydrogens is 314 g/mol. The van der Waals surface area contributed by atoms with Crippen molar-refractivity contribution in [2.75, 3.05) is 18.6 Å². The van der Waals surface area contributed by atoms with Crippen LogP contribution in [0.4, 0.5) is 5.69 Å². The summed E-state index contributed by atoms with van der Waals surface area (Å²) in [7, 11) is -2.05. The van der Waals surface area contributed by atoms with Crippen LogP contribution in [0.5, 0.6) is 0 Å².